The number of rotatable bonds is 4. The fourth-order valence-electron chi connectivity index (χ4n) is 1.71. The molecule has 1 heterocycles. The number of hydrogen-bond donors (Lipinski definition) is 1. The third-order valence-corrected chi connectivity index (χ3v) is 3.10. The van der Waals surface area contributed by atoms with E-state index in [2.05, 4.69) is 4.98 Å². The van der Waals surface area contributed by atoms with Crippen molar-refractivity contribution < 1.29 is 22.4 Å². The van der Waals surface area contributed by atoms with Gasteiger partial charge in [-0.05, 0) is 5.39 Å². The molecule has 0 aliphatic rings. The molecule has 8 heteroatoms. The first-order valence-corrected chi connectivity index (χ1v) is 6.18. The lowest BCUT2D eigenvalue weighted by atomic mass is 10.1. The molecule has 112 valence electrons. The third-order valence-electron chi connectivity index (χ3n) is 2.80. The van der Waals surface area contributed by atoms with Gasteiger partial charge >= 0.3 is 12.3 Å². The predicted octanol–water partition coefficient (Wildman–Crippen LogP) is 3.52. The summed E-state index contributed by atoms with van der Waals surface area (Å²) in [6.45, 7) is -1.46. The van der Waals surface area contributed by atoms with Crippen molar-refractivity contribution in [3.05, 3.63) is 41.2 Å². The maximum Gasteiger partial charge on any atom is 0.324 e. The maximum atomic E-state index is 12.8. The normalized spacial score (nSPS) is 11.9. The Balaban J connectivity index is 2.27. The van der Waals surface area contributed by atoms with Crippen molar-refractivity contribution in [2.45, 2.75) is 12.3 Å². The Morgan fingerprint density at radius 1 is 1.29 bits per heavy atom. The number of pyridine rings is 1. The minimum absolute atomic E-state index is 0.0138. The van der Waals surface area contributed by atoms with Gasteiger partial charge < -0.3 is 5.32 Å². The van der Waals surface area contributed by atoms with Crippen LogP contribution in [0.5, 0.6) is 0 Å². The molecule has 3 nitrogen and oxygen atoms in total. The van der Waals surface area contributed by atoms with E-state index < -0.39 is 24.8 Å². The van der Waals surface area contributed by atoms with Gasteiger partial charge in [0.1, 0.15) is 5.15 Å². The lowest BCUT2D eigenvalue weighted by Crippen LogP contribution is -2.41. The summed E-state index contributed by atoms with van der Waals surface area (Å²) in [5.74, 6) is -5.21. The molecule has 0 aliphatic carbocycles. The molecule has 2 rings (SSSR count). The van der Waals surface area contributed by atoms with E-state index in [1.807, 2.05) is 0 Å². The summed E-state index contributed by atoms with van der Waals surface area (Å²) in [6, 6.07) is 6.46. The topological polar surface area (TPSA) is 42.0 Å². The zero-order chi connectivity index (χ0) is 15.6. The Kier molecular flexibility index (Phi) is 4.32. The third kappa shape index (κ3) is 3.24. The molecule has 0 bridgehead atoms. The average molecular weight is 321 g/mol. The van der Waals surface area contributed by atoms with E-state index in [1.165, 1.54) is 0 Å². The van der Waals surface area contributed by atoms with Crippen molar-refractivity contribution in [1.29, 1.82) is 0 Å². The van der Waals surface area contributed by atoms with Gasteiger partial charge in [-0.2, -0.15) is 8.78 Å². The van der Waals surface area contributed by atoms with Gasteiger partial charge in [0.15, 0.2) is 0 Å². The van der Waals surface area contributed by atoms with Crippen molar-refractivity contribution in [3.63, 3.8) is 0 Å². The summed E-state index contributed by atoms with van der Waals surface area (Å²) in [5, 5.41) is 2.80. The zero-order valence-electron chi connectivity index (χ0n) is 10.4. The lowest BCUT2D eigenvalue weighted by molar-refractivity contribution is -0.123. The second-order valence-corrected chi connectivity index (χ2v) is 4.61. The van der Waals surface area contributed by atoms with Crippen LogP contribution in [-0.2, 0) is 0 Å². The molecule has 0 fully saturated rings. The van der Waals surface area contributed by atoms with Crippen LogP contribution < -0.4 is 5.32 Å². The van der Waals surface area contributed by atoms with Gasteiger partial charge in [-0.15, -0.1) is 0 Å². The van der Waals surface area contributed by atoms with Crippen molar-refractivity contribution in [2.75, 3.05) is 6.54 Å². The standard InChI is InChI=1S/C13H9ClF4N2O/c14-10-8-4-2-1-3-7(8)9(5-19-10)11(21)20-6-13(17,18)12(15)16/h1-5,12H,6H2,(H,20,21). The summed E-state index contributed by atoms with van der Waals surface area (Å²) in [7, 11) is 0. The molecule has 0 saturated heterocycles. The summed E-state index contributed by atoms with van der Waals surface area (Å²) < 4.78 is 49.7. The lowest BCUT2D eigenvalue weighted by Gasteiger charge is -2.16. The van der Waals surface area contributed by atoms with E-state index in [1.54, 1.807) is 29.6 Å². The van der Waals surface area contributed by atoms with Crippen molar-refractivity contribution >= 4 is 28.3 Å². The van der Waals surface area contributed by atoms with E-state index in [-0.39, 0.29) is 10.7 Å². The molecule has 0 radical (unpaired) electrons. The number of carbonyl (C=O) groups excluding carboxylic acids is 1. The van der Waals surface area contributed by atoms with Crippen LogP contribution in [0.1, 0.15) is 10.4 Å². The van der Waals surface area contributed by atoms with Gasteiger partial charge in [0.2, 0.25) is 0 Å². The van der Waals surface area contributed by atoms with Crippen LogP contribution in [0.4, 0.5) is 17.6 Å². The van der Waals surface area contributed by atoms with Crippen LogP contribution >= 0.6 is 11.6 Å². The zero-order valence-corrected chi connectivity index (χ0v) is 11.2. The van der Waals surface area contributed by atoms with Gasteiger partial charge in [-0.3, -0.25) is 4.79 Å². The first-order valence-electron chi connectivity index (χ1n) is 5.80. The Morgan fingerprint density at radius 3 is 2.52 bits per heavy atom. The number of hydrogen-bond acceptors (Lipinski definition) is 2. The Labute approximate surface area is 121 Å². The number of fused-ring (bicyclic) bond motifs is 1. The van der Waals surface area contributed by atoms with E-state index in [9.17, 15) is 22.4 Å². The van der Waals surface area contributed by atoms with E-state index in [0.29, 0.717) is 10.8 Å². The van der Waals surface area contributed by atoms with E-state index in [4.69, 9.17) is 11.6 Å². The summed E-state index contributed by atoms with van der Waals surface area (Å²) in [5.41, 5.74) is -0.0138. The van der Waals surface area contributed by atoms with Gasteiger partial charge in [-0.25, -0.2) is 13.8 Å². The minimum Gasteiger partial charge on any atom is -0.346 e. The Bertz CT molecular complexity index is 678. The van der Waals surface area contributed by atoms with Crippen molar-refractivity contribution in [2.24, 2.45) is 0 Å². The van der Waals surface area contributed by atoms with Crippen LogP contribution in [0.25, 0.3) is 10.8 Å². The molecule has 21 heavy (non-hydrogen) atoms. The highest BCUT2D eigenvalue weighted by Crippen LogP contribution is 2.25. The number of halogens is 5. The van der Waals surface area contributed by atoms with Crippen LogP contribution in [0.3, 0.4) is 0 Å². The summed E-state index contributed by atoms with van der Waals surface area (Å²) in [6.07, 6.45) is -2.74. The second kappa shape index (κ2) is 5.85. The van der Waals surface area contributed by atoms with E-state index in [0.717, 1.165) is 6.20 Å². The second-order valence-electron chi connectivity index (χ2n) is 4.25. The number of aromatic nitrogens is 1. The maximum absolute atomic E-state index is 12.8. The molecule has 0 aliphatic heterocycles. The fourth-order valence-corrected chi connectivity index (χ4v) is 1.92. The minimum atomic E-state index is -4.29. The molecular weight excluding hydrogens is 312 g/mol. The van der Waals surface area contributed by atoms with Gasteiger partial charge in [0.25, 0.3) is 5.91 Å². The number of carbonyl (C=O) groups is 1. The smallest absolute Gasteiger partial charge is 0.324 e. The number of nitrogens with one attached hydrogen (secondary N) is 1. The number of amides is 1. The van der Waals surface area contributed by atoms with Crippen LogP contribution in [-0.4, -0.2) is 29.8 Å². The van der Waals surface area contributed by atoms with Crippen molar-refractivity contribution in [1.82, 2.24) is 10.3 Å². The first-order chi connectivity index (χ1) is 9.83. The van der Waals surface area contributed by atoms with Crippen LogP contribution in [0.15, 0.2) is 30.5 Å². The highest BCUT2D eigenvalue weighted by Gasteiger charge is 2.40. The summed E-state index contributed by atoms with van der Waals surface area (Å²) >= 11 is 5.86. The molecule has 1 amide bonds. The van der Waals surface area contributed by atoms with Crippen molar-refractivity contribution in [3.8, 4) is 0 Å². The largest absolute Gasteiger partial charge is 0.346 e. The van der Waals surface area contributed by atoms with Crippen LogP contribution in [0, 0.1) is 0 Å². The molecule has 0 unspecified atom stereocenters. The average Bonchev–Trinajstić information content (AvgIpc) is 2.45. The van der Waals surface area contributed by atoms with Gasteiger partial charge in [0, 0.05) is 11.6 Å². The predicted molar refractivity (Wildman–Crippen MR) is 70.0 cm³/mol. The Morgan fingerprint density at radius 2 is 1.90 bits per heavy atom. The molecule has 0 saturated carbocycles. The molecule has 1 N–H and O–H groups in total. The SMILES string of the molecule is O=C(NCC(F)(F)C(F)F)c1cnc(Cl)c2ccccc12. The fraction of sp³-hybridized carbons (Fsp3) is 0.231. The Hall–Kier alpha value is -1.89. The molecule has 1 aromatic heterocycles. The monoisotopic (exact) mass is 320 g/mol. The molecule has 0 atom stereocenters. The quantitative estimate of drug-likeness (QED) is 0.692. The van der Waals surface area contributed by atoms with Gasteiger partial charge in [-0.1, -0.05) is 35.9 Å². The highest BCUT2D eigenvalue weighted by molar-refractivity contribution is 6.34. The molecule has 1 aromatic carbocycles. The van der Waals surface area contributed by atoms with Crippen LogP contribution in [0.2, 0.25) is 5.15 Å². The number of nitrogens with zero attached hydrogens (tertiary/aromatic N) is 1. The molecular formula is C13H9ClF4N2O. The summed E-state index contributed by atoms with van der Waals surface area (Å²) in [4.78, 5) is 15.6. The van der Waals surface area contributed by atoms with E-state index >= 15 is 0 Å². The highest BCUT2D eigenvalue weighted by atomic mass is 35.5. The molecule has 2 aromatic rings. The number of benzene rings is 1. The van der Waals surface area contributed by atoms with Gasteiger partial charge in [0.05, 0.1) is 12.1 Å². The number of alkyl halides is 4. The molecule has 0 spiro atoms. The first kappa shape index (κ1) is 15.5.